The van der Waals surface area contributed by atoms with Gasteiger partial charge in [-0.2, -0.15) is 0 Å². The second-order valence-corrected chi connectivity index (χ2v) is 3.62. The van der Waals surface area contributed by atoms with E-state index in [1.54, 1.807) is 6.92 Å². The number of carbonyl (C=O) groups is 2. The summed E-state index contributed by atoms with van der Waals surface area (Å²) >= 11 is 0. The zero-order chi connectivity index (χ0) is 13.0. The number of hydrogen-bond donors (Lipinski definition) is 3. The molecule has 1 aromatic rings. The zero-order valence-electron chi connectivity index (χ0n) is 9.24. The zero-order valence-corrected chi connectivity index (χ0v) is 9.24. The first kappa shape index (κ1) is 13.1. The summed E-state index contributed by atoms with van der Waals surface area (Å²) in [5.41, 5.74) is 5.08. The molecule has 0 heterocycles. The first-order valence-electron chi connectivity index (χ1n) is 4.99. The first-order valence-corrected chi connectivity index (χ1v) is 4.99. The van der Waals surface area contributed by atoms with Crippen LogP contribution in [-0.2, 0) is 4.79 Å². The van der Waals surface area contributed by atoms with Crippen LogP contribution in [0.15, 0.2) is 18.2 Å². The van der Waals surface area contributed by atoms with Crippen LogP contribution in [0.4, 0.5) is 10.1 Å². The van der Waals surface area contributed by atoms with Gasteiger partial charge in [0.05, 0.1) is 11.3 Å². The number of benzene rings is 1. The lowest BCUT2D eigenvalue weighted by Crippen LogP contribution is -2.27. The van der Waals surface area contributed by atoms with Crippen LogP contribution in [-0.4, -0.2) is 23.5 Å². The molecule has 4 N–H and O–H groups in total. The number of halogens is 1. The minimum atomic E-state index is -1.31. The number of carboxylic acids is 1. The van der Waals surface area contributed by atoms with Crippen molar-refractivity contribution in [1.29, 1.82) is 0 Å². The highest BCUT2D eigenvalue weighted by Crippen LogP contribution is 2.17. The van der Waals surface area contributed by atoms with E-state index in [1.807, 2.05) is 0 Å². The van der Waals surface area contributed by atoms with Gasteiger partial charge in [-0.1, -0.05) is 6.92 Å². The molecule has 1 atom stereocenters. The maximum absolute atomic E-state index is 12.9. The topological polar surface area (TPSA) is 92.4 Å². The Morgan fingerprint density at radius 2 is 2.18 bits per heavy atom. The smallest absolute Gasteiger partial charge is 0.337 e. The number of aromatic carboxylic acids is 1. The van der Waals surface area contributed by atoms with Crippen LogP contribution in [0.3, 0.4) is 0 Å². The SMILES string of the molecule is CC(CN)C(=O)Nc1ccc(F)cc1C(=O)O. The lowest BCUT2D eigenvalue weighted by molar-refractivity contribution is -0.119. The second-order valence-electron chi connectivity index (χ2n) is 3.62. The molecule has 0 aliphatic heterocycles. The van der Waals surface area contributed by atoms with Crippen molar-refractivity contribution in [2.45, 2.75) is 6.92 Å². The van der Waals surface area contributed by atoms with Crippen molar-refractivity contribution < 1.29 is 19.1 Å². The molecule has 0 aliphatic rings. The third-order valence-electron chi connectivity index (χ3n) is 2.27. The van der Waals surface area contributed by atoms with Crippen molar-refractivity contribution in [3.63, 3.8) is 0 Å². The predicted molar refractivity (Wildman–Crippen MR) is 60.2 cm³/mol. The molecule has 1 rings (SSSR count). The summed E-state index contributed by atoms with van der Waals surface area (Å²) in [7, 11) is 0. The molecular formula is C11H13FN2O3. The highest BCUT2D eigenvalue weighted by molar-refractivity contribution is 6.01. The number of nitrogens with two attached hydrogens (primary N) is 1. The molecular weight excluding hydrogens is 227 g/mol. The Balaban J connectivity index is 2.98. The van der Waals surface area contributed by atoms with Crippen LogP contribution in [0.1, 0.15) is 17.3 Å². The van der Waals surface area contributed by atoms with Crippen molar-refractivity contribution in [1.82, 2.24) is 0 Å². The molecule has 0 fully saturated rings. The number of carbonyl (C=O) groups excluding carboxylic acids is 1. The number of anilines is 1. The Morgan fingerprint density at radius 3 is 2.71 bits per heavy atom. The number of carboxylic acid groups (broad SMARTS) is 1. The monoisotopic (exact) mass is 240 g/mol. The van der Waals surface area contributed by atoms with Crippen LogP contribution < -0.4 is 11.1 Å². The van der Waals surface area contributed by atoms with Gasteiger partial charge in [0.1, 0.15) is 5.82 Å². The lowest BCUT2D eigenvalue weighted by atomic mass is 10.1. The fourth-order valence-corrected chi connectivity index (χ4v) is 1.17. The van der Waals surface area contributed by atoms with Crippen molar-refractivity contribution in [2.75, 3.05) is 11.9 Å². The predicted octanol–water partition coefficient (Wildman–Crippen LogP) is 1.06. The molecule has 6 heteroatoms. The highest BCUT2D eigenvalue weighted by Gasteiger charge is 2.16. The molecule has 92 valence electrons. The molecule has 0 radical (unpaired) electrons. The van der Waals surface area contributed by atoms with E-state index in [4.69, 9.17) is 10.8 Å². The van der Waals surface area contributed by atoms with Crippen molar-refractivity contribution >= 4 is 17.6 Å². The van der Waals surface area contributed by atoms with E-state index in [0.717, 1.165) is 12.1 Å². The lowest BCUT2D eigenvalue weighted by Gasteiger charge is -2.11. The van der Waals surface area contributed by atoms with E-state index in [9.17, 15) is 14.0 Å². The molecule has 0 saturated heterocycles. The summed E-state index contributed by atoms with van der Waals surface area (Å²) in [6.45, 7) is 1.76. The normalized spacial score (nSPS) is 11.9. The third kappa shape index (κ3) is 3.25. The Morgan fingerprint density at radius 1 is 1.53 bits per heavy atom. The van der Waals surface area contributed by atoms with Gasteiger partial charge in [0.25, 0.3) is 0 Å². The van der Waals surface area contributed by atoms with Gasteiger partial charge in [0.15, 0.2) is 0 Å². The minimum Gasteiger partial charge on any atom is -0.478 e. The first-order chi connectivity index (χ1) is 7.95. The molecule has 5 nitrogen and oxygen atoms in total. The van der Waals surface area contributed by atoms with Gasteiger partial charge >= 0.3 is 5.97 Å². The summed E-state index contributed by atoms with van der Waals surface area (Å²) in [6.07, 6.45) is 0. The van der Waals surface area contributed by atoms with Gasteiger partial charge in [-0.05, 0) is 18.2 Å². The van der Waals surface area contributed by atoms with E-state index in [1.165, 1.54) is 6.07 Å². The third-order valence-corrected chi connectivity index (χ3v) is 2.27. The van der Waals surface area contributed by atoms with Gasteiger partial charge in [-0.15, -0.1) is 0 Å². The Kier molecular flexibility index (Phi) is 4.17. The minimum absolute atomic E-state index is 0.0594. The summed E-state index contributed by atoms with van der Waals surface area (Å²) in [5, 5.41) is 11.3. The molecule has 0 aliphatic carbocycles. The van der Waals surface area contributed by atoms with Gasteiger partial charge in [-0.25, -0.2) is 9.18 Å². The van der Waals surface area contributed by atoms with Crippen LogP contribution in [0, 0.1) is 11.7 Å². The molecule has 17 heavy (non-hydrogen) atoms. The standard InChI is InChI=1S/C11H13FN2O3/c1-6(5-13)10(15)14-9-3-2-7(12)4-8(9)11(16)17/h2-4,6H,5,13H2,1H3,(H,14,15)(H,16,17). The maximum Gasteiger partial charge on any atom is 0.337 e. The van der Waals surface area contributed by atoms with E-state index >= 15 is 0 Å². The van der Waals surface area contributed by atoms with Crippen LogP contribution in [0.2, 0.25) is 0 Å². The van der Waals surface area contributed by atoms with E-state index in [2.05, 4.69) is 5.32 Å². The number of hydrogen-bond acceptors (Lipinski definition) is 3. The van der Waals surface area contributed by atoms with E-state index < -0.39 is 23.6 Å². The van der Waals surface area contributed by atoms with Crippen LogP contribution >= 0.6 is 0 Å². The summed E-state index contributed by atoms with van der Waals surface area (Å²) in [6, 6.07) is 3.14. The summed E-state index contributed by atoms with van der Waals surface area (Å²) in [5.74, 6) is -2.82. The van der Waals surface area contributed by atoms with E-state index in [0.29, 0.717) is 0 Å². The fourth-order valence-electron chi connectivity index (χ4n) is 1.17. The van der Waals surface area contributed by atoms with Crippen LogP contribution in [0.5, 0.6) is 0 Å². The molecule has 0 aromatic heterocycles. The van der Waals surface area contributed by atoms with Gasteiger partial charge < -0.3 is 16.2 Å². The molecule has 1 amide bonds. The quantitative estimate of drug-likeness (QED) is 0.733. The van der Waals surface area contributed by atoms with Gasteiger partial charge in [-0.3, -0.25) is 4.79 Å². The Bertz CT molecular complexity index is 448. The number of rotatable bonds is 4. The number of nitrogens with one attached hydrogen (secondary N) is 1. The van der Waals surface area contributed by atoms with Crippen molar-refractivity contribution in [3.05, 3.63) is 29.6 Å². The molecule has 0 spiro atoms. The molecule has 1 unspecified atom stereocenters. The second kappa shape index (κ2) is 5.40. The average Bonchev–Trinajstić information content (AvgIpc) is 2.29. The van der Waals surface area contributed by atoms with Crippen LogP contribution in [0.25, 0.3) is 0 Å². The van der Waals surface area contributed by atoms with E-state index in [-0.39, 0.29) is 17.8 Å². The average molecular weight is 240 g/mol. The van der Waals surface area contributed by atoms with Gasteiger partial charge in [0, 0.05) is 12.5 Å². The highest BCUT2D eigenvalue weighted by atomic mass is 19.1. The maximum atomic E-state index is 12.9. The summed E-state index contributed by atoms with van der Waals surface area (Å²) < 4.78 is 12.9. The Hall–Kier alpha value is -1.95. The summed E-state index contributed by atoms with van der Waals surface area (Å²) in [4.78, 5) is 22.4. The largest absolute Gasteiger partial charge is 0.478 e. The van der Waals surface area contributed by atoms with Gasteiger partial charge in [0.2, 0.25) is 5.91 Å². The Labute approximate surface area is 97.4 Å². The molecule has 1 aromatic carbocycles. The molecule has 0 bridgehead atoms. The van der Waals surface area contributed by atoms with Crippen molar-refractivity contribution in [3.8, 4) is 0 Å². The fraction of sp³-hybridized carbons (Fsp3) is 0.273. The molecule has 0 saturated carbocycles. The number of amides is 1. The van der Waals surface area contributed by atoms with Crippen molar-refractivity contribution in [2.24, 2.45) is 11.7 Å².